The number of rotatable bonds is 4. The van der Waals surface area contributed by atoms with E-state index in [1.807, 2.05) is 74.1 Å². The van der Waals surface area contributed by atoms with Crippen molar-refractivity contribution in [2.75, 3.05) is 13.1 Å². The zero-order valence-electron chi connectivity index (χ0n) is 21.2. The van der Waals surface area contributed by atoms with Crippen LogP contribution in [0.4, 0.5) is 4.79 Å². The third kappa shape index (κ3) is 5.86. The van der Waals surface area contributed by atoms with E-state index >= 15 is 0 Å². The van der Waals surface area contributed by atoms with E-state index in [4.69, 9.17) is 33.0 Å². The number of fused-ring (bicyclic) bond motifs is 1. The van der Waals surface area contributed by atoms with Crippen LogP contribution in [-0.2, 0) is 4.74 Å². The molecule has 2 aromatic heterocycles. The normalized spacial score (nSPS) is 15.1. The SMILES string of the molecule is CC(C)(C)OC(=O)N1CCC(c2cc(/C=C/c3c[nH]c4ccc(Cl)cc34)n(-c3cccc(Cl)c3)n2)CC1. The number of hydrogen-bond donors (Lipinski definition) is 1. The molecule has 1 amide bonds. The Balaban J connectivity index is 1.42. The van der Waals surface area contributed by atoms with E-state index in [0.29, 0.717) is 23.1 Å². The number of benzene rings is 2. The Labute approximate surface area is 226 Å². The van der Waals surface area contributed by atoms with E-state index in [-0.39, 0.29) is 12.0 Å². The lowest BCUT2D eigenvalue weighted by Gasteiger charge is -2.32. The van der Waals surface area contributed by atoms with Crippen molar-refractivity contribution in [3.63, 3.8) is 0 Å². The van der Waals surface area contributed by atoms with Gasteiger partial charge in [-0.15, -0.1) is 0 Å². The zero-order valence-corrected chi connectivity index (χ0v) is 22.7. The van der Waals surface area contributed by atoms with Crippen LogP contribution in [0.2, 0.25) is 10.0 Å². The zero-order chi connectivity index (χ0) is 26.2. The van der Waals surface area contributed by atoms with Crippen LogP contribution in [0, 0.1) is 0 Å². The standard InChI is InChI=1S/C29H30Cl2N4O2/c1-29(2,3)37-28(36)34-13-11-19(12-14-34)27-17-24(35(33-27)23-6-4-5-21(30)15-23)9-7-20-18-32-26-10-8-22(31)16-25(20)26/h4-10,15-19,32H,11-14H2,1-3H3/b9-7+. The van der Waals surface area contributed by atoms with E-state index in [0.717, 1.165) is 46.4 Å². The molecule has 2 aromatic carbocycles. The van der Waals surface area contributed by atoms with Gasteiger partial charge in [0.2, 0.25) is 0 Å². The molecule has 1 fully saturated rings. The van der Waals surface area contributed by atoms with Gasteiger partial charge < -0.3 is 14.6 Å². The number of likely N-dealkylation sites (tertiary alicyclic amines) is 1. The second-order valence-corrected chi connectivity index (χ2v) is 11.3. The quantitative estimate of drug-likeness (QED) is 0.287. The van der Waals surface area contributed by atoms with Gasteiger partial charge in [-0.05, 0) is 87.7 Å². The van der Waals surface area contributed by atoms with Crippen LogP contribution in [0.5, 0.6) is 0 Å². The summed E-state index contributed by atoms with van der Waals surface area (Å²) in [6.45, 7) is 6.95. The van der Waals surface area contributed by atoms with E-state index in [1.165, 1.54) is 0 Å². The number of carbonyl (C=O) groups excluding carboxylic acids is 1. The van der Waals surface area contributed by atoms with Crippen molar-refractivity contribution in [2.45, 2.75) is 45.1 Å². The molecule has 5 rings (SSSR count). The third-order valence-corrected chi connectivity index (χ3v) is 6.95. The fourth-order valence-corrected chi connectivity index (χ4v) is 5.02. The van der Waals surface area contributed by atoms with Gasteiger partial charge in [-0.25, -0.2) is 9.48 Å². The maximum Gasteiger partial charge on any atom is 0.410 e. The fourth-order valence-electron chi connectivity index (χ4n) is 4.66. The number of piperidine rings is 1. The first-order valence-corrected chi connectivity index (χ1v) is 13.2. The number of ether oxygens (including phenoxy) is 1. The maximum absolute atomic E-state index is 12.5. The van der Waals surface area contributed by atoms with Crippen LogP contribution in [0.25, 0.3) is 28.7 Å². The average Bonchev–Trinajstić information content (AvgIpc) is 3.46. The molecule has 1 saturated heterocycles. The molecule has 0 unspecified atom stereocenters. The maximum atomic E-state index is 12.5. The molecule has 1 N–H and O–H groups in total. The van der Waals surface area contributed by atoms with Crippen LogP contribution >= 0.6 is 23.2 Å². The molecule has 0 bridgehead atoms. The van der Waals surface area contributed by atoms with Gasteiger partial charge >= 0.3 is 6.09 Å². The van der Waals surface area contributed by atoms with Crippen molar-refractivity contribution in [2.24, 2.45) is 0 Å². The number of nitrogens with zero attached hydrogens (tertiary/aromatic N) is 3. The second-order valence-electron chi connectivity index (χ2n) is 10.4. The number of carbonyl (C=O) groups is 1. The number of aromatic amines is 1. The fraction of sp³-hybridized carbons (Fsp3) is 0.310. The summed E-state index contributed by atoms with van der Waals surface area (Å²) in [5, 5.41) is 7.41. The van der Waals surface area contributed by atoms with Crippen molar-refractivity contribution in [1.82, 2.24) is 19.7 Å². The molecule has 0 aliphatic carbocycles. The lowest BCUT2D eigenvalue weighted by Crippen LogP contribution is -2.41. The Kier molecular flexibility index (Phi) is 7.06. The molecule has 0 saturated carbocycles. The van der Waals surface area contributed by atoms with E-state index in [2.05, 4.69) is 23.2 Å². The smallest absolute Gasteiger partial charge is 0.410 e. The van der Waals surface area contributed by atoms with Crippen LogP contribution in [-0.4, -0.2) is 44.4 Å². The van der Waals surface area contributed by atoms with Crippen molar-refractivity contribution < 1.29 is 9.53 Å². The summed E-state index contributed by atoms with van der Waals surface area (Å²) in [4.78, 5) is 17.6. The van der Waals surface area contributed by atoms with Crippen LogP contribution in [0.3, 0.4) is 0 Å². The number of aromatic nitrogens is 3. The van der Waals surface area contributed by atoms with Gasteiger partial charge in [0.1, 0.15) is 5.60 Å². The topological polar surface area (TPSA) is 63.1 Å². The lowest BCUT2D eigenvalue weighted by atomic mass is 9.93. The molecule has 1 aliphatic heterocycles. The van der Waals surface area contributed by atoms with Gasteiger partial charge in [0.05, 0.1) is 17.1 Å². The molecule has 37 heavy (non-hydrogen) atoms. The highest BCUT2D eigenvalue weighted by atomic mass is 35.5. The lowest BCUT2D eigenvalue weighted by molar-refractivity contribution is 0.0204. The molecule has 3 heterocycles. The summed E-state index contributed by atoms with van der Waals surface area (Å²) in [6.07, 6.45) is 7.52. The molecule has 1 aliphatic rings. The Bertz CT molecular complexity index is 1460. The minimum atomic E-state index is -0.499. The number of nitrogens with one attached hydrogen (secondary N) is 1. The molecule has 0 atom stereocenters. The summed E-state index contributed by atoms with van der Waals surface area (Å²) in [7, 11) is 0. The molecule has 8 heteroatoms. The molecular weight excluding hydrogens is 507 g/mol. The van der Waals surface area contributed by atoms with Gasteiger partial charge in [-0.2, -0.15) is 5.10 Å². The third-order valence-electron chi connectivity index (χ3n) is 6.48. The van der Waals surface area contributed by atoms with Gasteiger partial charge in [0.15, 0.2) is 0 Å². The number of halogens is 2. The molecule has 6 nitrogen and oxygen atoms in total. The number of amides is 1. The summed E-state index contributed by atoms with van der Waals surface area (Å²) < 4.78 is 7.48. The summed E-state index contributed by atoms with van der Waals surface area (Å²) in [6, 6.07) is 15.6. The van der Waals surface area contributed by atoms with Crippen molar-refractivity contribution >= 4 is 52.4 Å². The largest absolute Gasteiger partial charge is 0.444 e. The number of hydrogen-bond acceptors (Lipinski definition) is 3. The summed E-state index contributed by atoms with van der Waals surface area (Å²) in [5.41, 5.74) is 4.43. The van der Waals surface area contributed by atoms with Crippen molar-refractivity contribution in [3.8, 4) is 5.69 Å². The minimum absolute atomic E-state index is 0.248. The van der Waals surface area contributed by atoms with Crippen LogP contribution in [0.15, 0.2) is 54.7 Å². The van der Waals surface area contributed by atoms with Crippen LogP contribution < -0.4 is 0 Å². The minimum Gasteiger partial charge on any atom is -0.444 e. The molecule has 0 spiro atoms. The first-order chi connectivity index (χ1) is 17.7. The van der Waals surface area contributed by atoms with Crippen molar-refractivity contribution in [3.05, 3.63) is 81.7 Å². The number of H-pyrrole nitrogens is 1. The molecular formula is C29H30Cl2N4O2. The summed E-state index contributed by atoms with van der Waals surface area (Å²) in [5.74, 6) is 0.248. The second kappa shape index (κ2) is 10.3. The Morgan fingerprint density at radius 1 is 1.05 bits per heavy atom. The highest BCUT2D eigenvalue weighted by Gasteiger charge is 2.29. The Hall–Kier alpha value is -3.22. The van der Waals surface area contributed by atoms with Gasteiger partial charge in [-0.3, -0.25) is 0 Å². The molecule has 0 radical (unpaired) electrons. The Morgan fingerprint density at radius 2 is 1.81 bits per heavy atom. The molecule has 4 aromatic rings. The highest BCUT2D eigenvalue weighted by Crippen LogP contribution is 2.31. The Morgan fingerprint density at radius 3 is 2.54 bits per heavy atom. The molecule has 192 valence electrons. The van der Waals surface area contributed by atoms with E-state index in [9.17, 15) is 4.79 Å². The van der Waals surface area contributed by atoms with E-state index in [1.54, 1.807) is 4.90 Å². The summed E-state index contributed by atoms with van der Waals surface area (Å²) >= 11 is 12.5. The van der Waals surface area contributed by atoms with Gasteiger partial charge in [0, 0.05) is 46.2 Å². The predicted octanol–water partition coefficient (Wildman–Crippen LogP) is 7.95. The first kappa shape index (κ1) is 25.4. The van der Waals surface area contributed by atoms with E-state index < -0.39 is 5.60 Å². The predicted molar refractivity (Wildman–Crippen MR) is 151 cm³/mol. The average molecular weight is 537 g/mol. The first-order valence-electron chi connectivity index (χ1n) is 12.4. The van der Waals surface area contributed by atoms with Gasteiger partial charge in [-0.1, -0.05) is 35.3 Å². The van der Waals surface area contributed by atoms with Gasteiger partial charge in [0.25, 0.3) is 0 Å². The highest BCUT2D eigenvalue weighted by molar-refractivity contribution is 6.31. The monoisotopic (exact) mass is 536 g/mol. The van der Waals surface area contributed by atoms with Crippen molar-refractivity contribution in [1.29, 1.82) is 0 Å². The van der Waals surface area contributed by atoms with Crippen LogP contribution in [0.1, 0.15) is 56.5 Å².